The predicted molar refractivity (Wildman–Crippen MR) is 148 cm³/mol. The van der Waals surface area contributed by atoms with Gasteiger partial charge in [-0.15, -0.1) is 0 Å². The molecule has 0 fully saturated rings. The lowest BCUT2D eigenvalue weighted by Gasteiger charge is -2.12. The number of rotatable bonds is 10. The molecule has 4 aromatic rings. The first-order valence-corrected chi connectivity index (χ1v) is 12.0. The van der Waals surface area contributed by atoms with Gasteiger partial charge in [-0.1, -0.05) is 104 Å². The summed E-state index contributed by atoms with van der Waals surface area (Å²) in [5.74, 6) is -0.0227. The Morgan fingerprint density at radius 3 is 2.16 bits per heavy atom. The maximum Gasteiger partial charge on any atom is 0.280 e. The standard InChI is InChI=1S/C31H30N4O2/c1-3-14-27(26(32)4-2)33-31(36)28-30(37-22-24-17-10-6-11-18-24)29(25-19-12-7-13-20-25)35(34-28)21-23-15-8-5-9-16-23/h3-20H,2,21-22,32H2,1H3,(H,33,36)/b14-3-,27-26-. The molecule has 0 aliphatic rings. The van der Waals surface area contributed by atoms with Gasteiger partial charge < -0.3 is 15.8 Å². The van der Waals surface area contributed by atoms with Gasteiger partial charge in [-0.25, -0.2) is 0 Å². The summed E-state index contributed by atoms with van der Waals surface area (Å²) in [6, 6.07) is 29.6. The Kier molecular flexibility index (Phi) is 8.34. The highest BCUT2D eigenvalue weighted by Crippen LogP contribution is 2.35. The monoisotopic (exact) mass is 490 g/mol. The van der Waals surface area contributed by atoms with Gasteiger partial charge in [-0.2, -0.15) is 5.10 Å². The molecule has 0 aliphatic heterocycles. The Hall–Kier alpha value is -4.84. The van der Waals surface area contributed by atoms with Crippen molar-refractivity contribution in [2.24, 2.45) is 5.73 Å². The van der Waals surface area contributed by atoms with Crippen LogP contribution in [-0.2, 0) is 13.2 Å². The Labute approximate surface area is 217 Å². The van der Waals surface area contributed by atoms with E-state index in [0.29, 0.717) is 23.7 Å². The van der Waals surface area contributed by atoms with Crippen LogP contribution in [0, 0.1) is 0 Å². The second kappa shape index (κ2) is 12.2. The van der Waals surface area contributed by atoms with Crippen LogP contribution in [0.3, 0.4) is 0 Å². The molecule has 6 heteroatoms. The van der Waals surface area contributed by atoms with E-state index in [2.05, 4.69) is 11.9 Å². The number of aromatic nitrogens is 2. The normalized spacial score (nSPS) is 11.7. The van der Waals surface area contributed by atoms with E-state index in [0.717, 1.165) is 22.4 Å². The molecule has 0 radical (unpaired) electrons. The summed E-state index contributed by atoms with van der Waals surface area (Å²) in [5, 5.41) is 7.64. The zero-order valence-electron chi connectivity index (χ0n) is 20.8. The molecular weight excluding hydrogens is 460 g/mol. The number of hydrogen-bond donors (Lipinski definition) is 2. The molecule has 0 saturated carbocycles. The number of carbonyl (C=O) groups is 1. The number of hydrogen-bond acceptors (Lipinski definition) is 4. The fourth-order valence-corrected chi connectivity index (χ4v) is 3.88. The van der Waals surface area contributed by atoms with E-state index in [9.17, 15) is 4.79 Å². The maximum absolute atomic E-state index is 13.6. The first kappa shape index (κ1) is 25.3. The molecule has 0 atom stereocenters. The molecule has 1 amide bonds. The fraction of sp³-hybridized carbons (Fsp3) is 0.0968. The number of allylic oxidation sites excluding steroid dienone is 3. The summed E-state index contributed by atoms with van der Waals surface area (Å²) in [6.45, 7) is 6.31. The summed E-state index contributed by atoms with van der Waals surface area (Å²) in [5.41, 5.74) is 10.7. The number of carbonyl (C=O) groups excluding carboxylic acids is 1. The lowest BCUT2D eigenvalue weighted by Crippen LogP contribution is -2.25. The first-order valence-electron chi connectivity index (χ1n) is 12.0. The van der Waals surface area contributed by atoms with E-state index in [1.165, 1.54) is 6.08 Å². The van der Waals surface area contributed by atoms with E-state index in [1.54, 1.807) is 12.2 Å². The van der Waals surface area contributed by atoms with Gasteiger partial charge in [-0.05, 0) is 30.2 Å². The summed E-state index contributed by atoms with van der Waals surface area (Å²) in [7, 11) is 0. The topological polar surface area (TPSA) is 82.2 Å². The molecule has 186 valence electrons. The van der Waals surface area contributed by atoms with Crippen LogP contribution in [0.25, 0.3) is 11.3 Å². The quantitative estimate of drug-likeness (QED) is 0.274. The molecule has 1 heterocycles. The molecule has 0 saturated heterocycles. The third-order valence-corrected chi connectivity index (χ3v) is 5.68. The van der Waals surface area contributed by atoms with E-state index in [1.807, 2.05) is 103 Å². The molecule has 0 aliphatic carbocycles. The number of nitrogens with two attached hydrogens (primary N) is 1. The minimum atomic E-state index is -0.426. The minimum absolute atomic E-state index is 0.171. The van der Waals surface area contributed by atoms with Crippen LogP contribution < -0.4 is 15.8 Å². The van der Waals surface area contributed by atoms with Crippen molar-refractivity contribution < 1.29 is 9.53 Å². The van der Waals surface area contributed by atoms with Gasteiger partial charge in [0.1, 0.15) is 12.3 Å². The molecule has 0 bridgehead atoms. The van der Waals surface area contributed by atoms with Crippen molar-refractivity contribution in [2.75, 3.05) is 0 Å². The SMILES string of the molecule is C=C/C(N)=C(\C=C/C)NC(=O)c1nn(Cc2ccccc2)c(-c2ccccc2)c1OCc1ccccc1. The molecule has 3 aromatic carbocycles. The second-order valence-corrected chi connectivity index (χ2v) is 8.34. The van der Waals surface area contributed by atoms with E-state index >= 15 is 0 Å². The Balaban J connectivity index is 1.83. The smallest absolute Gasteiger partial charge is 0.280 e. The summed E-state index contributed by atoms with van der Waals surface area (Å²) in [6.07, 6.45) is 5.01. The highest BCUT2D eigenvalue weighted by Gasteiger charge is 2.26. The third-order valence-electron chi connectivity index (χ3n) is 5.68. The lowest BCUT2D eigenvalue weighted by atomic mass is 10.1. The van der Waals surface area contributed by atoms with Gasteiger partial charge in [0, 0.05) is 5.56 Å². The van der Waals surface area contributed by atoms with Crippen molar-refractivity contribution in [3.05, 3.63) is 144 Å². The van der Waals surface area contributed by atoms with Gasteiger partial charge in [0.25, 0.3) is 5.91 Å². The largest absolute Gasteiger partial charge is 0.484 e. The van der Waals surface area contributed by atoms with Crippen molar-refractivity contribution in [3.8, 4) is 17.0 Å². The summed E-state index contributed by atoms with van der Waals surface area (Å²) < 4.78 is 8.16. The first-order chi connectivity index (χ1) is 18.1. The Bertz CT molecular complexity index is 1410. The molecule has 0 spiro atoms. The van der Waals surface area contributed by atoms with Gasteiger partial charge >= 0.3 is 0 Å². The second-order valence-electron chi connectivity index (χ2n) is 8.34. The Morgan fingerprint density at radius 2 is 1.57 bits per heavy atom. The maximum atomic E-state index is 13.6. The van der Waals surface area contributed by atoms with Crippen molar-refractivity contribution in [2.45, 2.75) is 20.1 Å². The molecular formula is C31H30N4O2. The summed E-state index contributed by atoms with van der Waals surface area (Å²) in [4.78, 5) is 13.6. The van der Waals surface area contributed by atoms with Crippen LogP contribution in [0.1, 0.15) is 28.5 Å². The van der Waals surface area contributed by atoms with Crippen LogP contribution in [0.2, 0.25) is 0 Å². The number of ether oxygens (including phenoxy) is 1. The van der Waals surface area contributed by atoms with Crippen LogP contribution in [-0.4, -0.2) is 15.7 Å². The number of benzene rings is 3. The van der Waals surface area contributed by atoms with Gasteiger partial charge in [0.2, 0.25) is 0 Å². The van der Waals surface area contributed by atoms with E-state index in [4.69, 9.17) is 15.6 Å². The third kappa shape index (κ3) is 6.24. The van der Waals surface area contributed by atoms with Crippen LogP contribution in [0.15, 0.2) is 127 Å². The zero-order valence-corrected chi connectivity index (χ0v) is 20.8. The van der Waals surface area contributed by atoms with Gasteiger partial charge in [-0.3, -0.25) is 9.48 Å². The average Bonchev–Trinajstić information content (AvgIpc) is 3.30. The van der Waals surface area contributed by atoms with Crippen LogP contribution >= 0.6 is 0 Å². The van der Waals surface area contributed by atoms with E-state index < -0.39 is 5.91 Å². The number of nitrogens with one attached hydrogen (secondary N) is 1. The zero-order chi connectivity index (χ0) is 26.0. The Morgan fingerprint density at radius 1 is 0.973 bits per heavy atom. The fourth-order valence-electron chi connectivity index (χ4n) is 3.88. The molecule has 37 heavy (non-hydrogen) atoms. The minimum Gasteiger partial charge on any atom is -0.484 e. The predicted octanol–water partition coefficient (Wildman–Crippen LogP) is 5.84. The van der Waals surface area contributed by atoms with Gasteiger partial charge in [0.05, 0.1) is 17.9 Å². The summed E-state index contributed by atoms with van der Waals surface area (Å²) >= 11 is 0. The molecule has 4 rings (SSSR count). The molecule has 3 N–H and O–H groups in total. The average molecular weight is 491 g/mol. The number of amides is 1. The van der Waals surface area contributed by atoms with Crippen molar-refractivity contribution in [3.63, 3.8) is 0 Å². The number of nitrogens with zero attached hydrogens (tertiary/aromatic N) is 2. The van der Waals surface area contributed by atoms with Crippen LogP contribution in [0.5, 0.6) is 5.75 Å². The van der Waals surface area contributed by atoms with Gasteiger partial charge in [0.15, 0.2) is 11.4 Å². The van der Waals surface area contributed by atoms with Crippen LogP contribution in [0.4, 0.5) is 0 Å². The molecule has 0 unspecified atom stereocenters. The van der Waals surface area contributed by atoms with Crippen molar-refractivity contribution in [1.82, 2.24) is 15.1 Å². The highest BCUT2D eigenvalue weighted by molar-refractivity contribution is 5.98. The lowest BCUT2D eigenvalue weighted by molar-refractivity contribution is 0.0956. The molecule has 1 aromatic heterocycles. The van der Waals surface area contributed by atoms with Crippen molar-refractivity contribution in [1.29, 1.82) is 0 Å². The van der Waals surface area contributed by atoms with E-state index in [-0.39, 0.29) is 12.3 Å². The molecule has 6 nitrogen and oxygen atoms in total. The highest BCUT2D eigenvalue weighted by atomic mass is 16.5. The van der Waals surface area contributed by atoms with Crippen molar-refractivity contribution >= 4 is 5.91 Å².